The van der Waals surface area contributed by atoms with Crippen LogP contribution in [0.2, 0.25) is 0 Å². The second-order valence-electron chi connectivity index (χ2n) is 5.69. The van der Waals surface area contributed by atoms with Gasteiger partial charge in [0.15, 0.2) is 5.60 Å². The Morgan fingerprint density at radius 3 is 2.44 bits per heavy atom. The summed E-state index contributed by atoms with van der Waals surface area (Å²) in [6, 6.07) is 0. The first kappa shape index (κ1) is 15.4. The number of halogens is 1. The minimum atomic E-state index is -1.27. The Kier molecular flexibility index (Phi) is 4.38. The number of hydrogen-bond acceptors (Lipinski definition) is 5. The molecular formula is C11H18BrNO5. The smallest absolute Gasteiger partial charge is 0.341 e. The van der Waals surface area contributed by atoms with Crippen LogP contribution >= 0.6 is 15.9 Å². The number of esters is 1. The highest BCUT2D eigenvalue weighted by atomic mass is 79.9. The third kappa shape index (κ3) is 3.00. The Labute approximate surface area is 114 Å². The lowest BCUT2D eigenvalue weighted by Crippen LogP contribution is -2.46. The molecule has 0 spiro atoms. The molecule has 1 aliphatic rings. The summed E-state index contributed by atoms with van der Waals surface area (Å²) in [4.78, 5) is 22.1. The summed E-state index contributed by atoms with van der Waals surface area (Å²) in [5.74, 6) is -1.10. The van der Waals surface area contributed by atoms with Crippen LogP contribution in [0.4, 0.5) is 0 Å². The summed E-state index contributed by atoms with van der Waals surface area (Å²) in [5, 5.41) is 10.9. The van der Waals surface area contributed by atoms with Crippen molar-refractivity contribution in [1.29, 1.82) is 0 Å². The average molecular weight is 324 g/mol. The van der Waals surface area contributed by atoms with Crippen molar-refractivity contribution in [2.45, 2.75) is 39.6 Å². The van der Waals surface area contributed by atoms with Crippen LogP contribution in [-0.4, -0.2) is 34.7 Å². The Morgan fingerprint density at radius 1 is 1.56 bits per heavy atom. The van der Waals surface area contributed by atoms with Gasteiger partial charge in [0, 0.05) is 15.7 Å². The zero-order valence-electron chi connectivity index (χ0n) is 10.9. The molecule has 6 nitrogen and oxygen atoms in total. The Bertz CT molecular complexity index is 354. The molecule has 18 heavy (non-hydrogen) atoms. The second kappa shape index (κ2) is 5.13. The minimum absolute atomic E-state index is 0.302. The van der Waals surface area contributed by atoms with Crippen molar-refractivity contribution >= 4 is 21.9 Å². The topological polar surface area (TPSA) is 78.7 Å². The second-order valence-corrected chi connectivity index (χ2v) is 6.34. The first-order valence-corrected chi connectivity index (χ1v) is 6.80. The molecule has 0 saturated carbocycles. The van der Waals surface area contributed by atoms with Crippen molar-refractivity contribution in [2.75, 3.05) is 11.9 Å². The van der Waals surface area contributed by atoms with Crippen molar-refractivity contribution < 1.29 is 19.2 Å². The number of nitro groups is 1. The van der Waals surface area contributed by atoms with Crippen LogP contribution in [0.15, 0.2) is 0 Å². The summed E-state index contributed by atoms with van der Waals surface area (Å²) in [6.07, 6.45) is -0.677. The molecule has 0 aromatic rings. The van der Waals surface area contributed by atoms with Gasteiger partial charge in [-0.1, -0.05) is 36.7 Å². The fourth-order valence-electron chi connectivity index (χ4n) is 1.68. The SMILES string of the molecule is CC(C)(C)[C@H]1OC(=O)[C@@](C)(C(CBr)C[N+](=O)[O-])O1. The molecule has 1 rings (SSSR count). The highest BCUT2D eigenvalue weighted by Crippen LogP contribution is 2.39. The molecule has 3 atom stereocenters. The van der Waals surface area contributed by atoms with E-state index in [1.807, 2.05) is 20.8 Å². The van der Waals surface area contributed by atoms with Gasteiger partial charge in [-0.05, 0) is 6.92 Å². The third-order valence-corrected chi connectivity index (χ3v) is 3.79. The van der Waals surface area contributed by atoms with E-state index >= 15 is 0 Å². The molecule has 0 N–H and O–H groups in total. The highest BCUT2D eigenvalue weighted by Gasteiger charge is 2.55. The van der Waals surface area contributed by atoms with Crippen LogP contribution in [-0.2, 0) is 14.3 Å². The van der Waals surface area contributed by atoms with Gasteiger partial charge in [0.2, 0.25) is 12.8 Å². The molecule has 1 heterocycles. The summed E-state index contributed by atoms with van der Waals surface area (Å²) >= 11 is 3.20. The van der Waals surface area contributed by atoms with Gasteiger partial charge in [0.1, 0.15) is 0 Å². The summed E-state index contributed by atoms with van der Waals surface area (Å²) in [7, 11) is 0. The van der Waals surface area contributed by atoms with E-state index in [2.05, 4.69) is 15.9 Å². The molecule has 0 bridgehead atoms. The minimum Gasteiger partial charge on any atom is -0.433 e. The largest absolute Gasteiger partial charge is 0.433 e. The average Bonchev–Trinajstić information content (AvgIpc) is 2.52. The van der Waals surface area contributed by atoms with Crippen molar-refractivity contribution in [2.24, 2.45) is 11.3 Å². The lowest BCUT2D eigenvalue weighted by atomic mass is 9.90. The van der Waals surface area contributed by atoms with Gasteiger partial charge in [-0.2, -0.15) is 0 Å². The van der Waals surface area contributed by atoms with E-state index in [0.29, 0.717) is 5.33 Å². The zero-order valence-corrected chi connectivity index (χ0v) is 12.5. The quantitative estimate of drug-likeness (QED) is 0.342. The van der Waals surface area contributed by atoms with E-state index in [1.165, 1.54) is 0 Å². The number of rotatable bonds is 4. The summed E-state index contributed by atoms with van der Waals surface area (Å²) in [5.41, 5.74) is -1.63. The van der Waals surface area contributed by atoms with Crippen molar-refractivity contribution in [3.63, 3.8) is 0 Å². The molecule has 0 amide bonds. The Balaban J connectivity index is 2.92. The van der Waals surface area contributed by atoms with Crippen LogP contribution in [0.25, 0.3) is 0 Å². The van der Waals surface area contributed by atoms with E-state index in [0.717, 1.165) is 0 Å². The molecule has 1 aliphatic heterocycles. The molecule has 0 aliphatic carbocycles. The van der Waals surface area contributed by atoms with Gasteiger partial charge >= 0.3 is 5.97 Å². The predicted octanol–water partition coefficient (Wildman–Crippen LogP) is 1.98. The fourth-order valence-corrected chi connectivity index (χ4v) is 2.50. The monoisotopic (exact) mass is 323 g/mol. The molecule has 0 aromatic carbocycles. The van der Waals surface area contributed by atoms with Crippen LogP contribution in [0.1, 0.15) is 27.7 Å². The molecule has 0 aromatic heterocycles. The standard InChI is InChI=1S/C11H18BrNO5/c1-10(2,3)9-17-8(14)11(4,18-9)7(5-12)6-13(15)16/h7,9H,5-6H2,1-4H3/t7?,9-,11+/m0/s1. The first-order valence-electron chi connectivity index (χ1n) is 5.68. The van der Waals surface area contributed by atoms with Crippen molar-refractivity contribution in [3.05, 3.63) is 10.1 Å². The number of cyclic esters (lactones) is 1. The van der Waals surface area contributed by atoms with E-state index in [9.17, 15) is 14.9 Å². The third-order valence-electron chi connectivity index (χ3n) is 3.01. The van der Waals surface area contributed by atoms with Crippen LogP contribution in [0.3, 0.4) is 0 Å². The number of alkyl halides is 1. The van der Waals surface area contributed by atoms with Crippen LogP contribution in [0.5, 0.6) is 0 Å². The number of carbonyl (C=O) groups excluding carboxylic acids is 1. The molecule has 7 heteroatoms. The molecular weight excluding hydrogens is 306 g/mol. The van der Waals surface area contributed by atoms with E-state index in [4.69, 9.17) is 9.47 Å². The van der Waals surface area contributed by atoms with Crippen LogP contribution in [0, 0.1) is 21.4 Å². The van der Waals surface area contributed by atoms with Crippen molar-refractivity contribution in [1.82, 2.24) is 0 Å². The first-order chi connectivity index (χ1) is 8.11. The van der Waals surface area contributed by atoms with Gasteiger partial charge in [-0.3, -0.25) is 10.1 Å². The van der Waals surface area contributed by atoms with Gasteiger partial charge < -0.3 is 9.47 Å². The normalized spacial score (nSPS) is 30.1. The maximum Gasteiger partial charge on any atom is 0.341 e. The predicted molar refractivity (Wildman–Crippen MR) is 68.0 cm³/mol. The van der Waals surface area contributed by atoms with Crippen molar-refractivity contribution in [3.8, 4) is 0 Å². The van der Waals surface area contributed by atoms with Gasteiger partial charge in [-0.15, -0.1) is 0 Å². The maximum atomic E-state index is 11.9. The Hall–Kier alpha value is -0.690. The molecule has 0 radical (unpaired) electrons. The summed E-state index contributed by atoms with van der Waals surface area (Å²) in [6.45, 7) is 6.86. The highest BCUT2D eigenvalue weighted by molar-refractivity contribution is 9.09. The van der Waals surface area contributed by atoms with E-state index in [-0.39, 0.29) is 12.0 Å². The zero-order chi connectivity index (χ0) is 14.1. The van der Waals surface area contributed by atoms with Gasteiger partial charge in [0.25, 0.3) is 0 Å². The molecule has 1 fully saturated rings. The van der Waals surface area contributed by atoms with Gasteiger partial charge in [0.05, 0.1) is 5.92 Å². The van der Waals surface area contributed by atoms with Gasteiger partial charge in [-0.25, -0.2) is 4.79 Å². The molecule has 104 valence electrons. The number of nitrogens with zero attached hydrogens (tertiary/aromatic N) is 1. The lowest BCUT2D eigenvalue weighted by Gasteiger charge is -2.28. The lowest BCUT2D eigenvalue weighted by molar-refractivity contribution is -0.490. The van der Waals surface area contributed by atoms with E-state index in [1.54, 1.807) is 6.92 Å². The Morgan fingerprint density at radius 2 is 2.11 bits per heavy atom. The summed E-state index contributed by atoms with van der Waals surface area (Å²) < 4.78 is 10.9. The molecule has 1 unspecified atom stereocenters. The fraction of sp³-hybridized carbons (Fsp3) is 0.909. The number of ether oxygens (including phenoxy) is 2. The number of hydrogen-bond donors (Lipinski definition) is 0. The number of carbonyl (C=O) groups is 1. The molecule has 1 saturated heterocycles. The maximum absolute atomic E-state index is 11.9. The van der Waals surface area contributed by atoms with Crippen LogP contribution < -0.4 is 0 Å². The van der Waals surface area contributed by atoms with E-state index < -0.39 is 28.7 Å².